The van der Waals surface area contributed by atoms with Crippen molar-refractivity contribution in [1.82, 2.24) is 0 Å². The molecule has 3 nitrogen and oxygen atoms in total. The van der Waals surface area contributed by atoms with E-state index in [0.29, 0.717) is 11.3 Å². The fraction of sp³-hybridized carbons (Fsp3) is 0.385. The van der Waals surface area contributed by atoms with Crippen LogP contribution in [-0.2, 0) is 0 Å². The summed E-state index contributed by atoms with van der Waals surface area (Å²) in [6.45, 7) is 0.825. The van der Waals surface area contributed by atoms with Gasteiger partial charge in [-0.25, -0.2) is 4.39 Å². The highest BCUT2D eigenvalue weighted by Crippen LogP contribution is 2.18. The minimum atomic E-state index is -0.394. The van der Waals surface area contributed by atoms with Gasteiger partial charge in [-0.05, 0) is 31.0 Å². The number of amidine groups is 1. The van der Waals surface area contributed by atoms with E-state index < -0.39 is 5.82 Å². The molecule has 0 atom stereocenters. The molecule has 0 saturated carbocycles. The van der Waals surface area contributed by atoms with Crippen molar-refractivity contribution in [1.29, 1.82) is 5.26 Å². The van der Waals surface area contributed by atoms with Gasteiger partial charge >= 0.3 is 0 Å². The highest BCUT2D eigenvalue weighted by molar-refractivity contribution is 5.96. The lowest BCUT2D eigenvalue weighted by Gasteiger charge is -2.09. The Balaban J connectivity index is 2.18. The van der Waals surface area contributed by atoms with Crippen LogP contribution in [0.4, 0.5) is 10.1 Å². The SMILES string of the molecule is N#Cc1cc(F)ccc1NC1=NCCCCC1. The Hall–Kier alpha value is -1.89. The molecule has 1 aliphatic rings. The number of anilines is 1. The molecule has 1 N–H and O–H groups in total. The number of nitrogens with one attached hydrogen (secondary N) is 1. The van der Waals surface area contributed by atoms with Crippen LogP contribution < -0.4 is 5.32 Å². The van der Waals surface area contributed by atoms with Crippen molar-refractivity contribution in [3.63, 3.8) is 0 Å². The van der Waals surface area contributed by atoms with Crippen molar-refractivity contribution in [2.24, 2.45) is 4.99 Å². The summed E-state index contributed by atoms with van der Waals surface area (Å²) in [5.41, 5.74) is 0.950. The van der Waals surface area contributed by atoms with Crippen LogP contribution in [0, 0.1) is 17.1 Å². The summed E-state index contributed by atoms with van der Waals surface area (Å²) in [5, 5.41) is 12.1. The summed E-state index contributed by atoms with van der Waals surface area (Å²) in [6.07, 6.45) is 4.29. The standard InChI is InChI=1S/C13H14FN3/c14-11-5-6-12(10(8-11)9-15)17-13-4-2-1-3-7-16-13/h5-6,8H,1-4,7H2,(H,16,17). The van der Waals surface area contributed by atoms with Gasteiger partial charge in [0.15, 0.2) is 0 Å². The van der Waals surface area contributed by atoms with Gasteiger partial charge in [-0.1, -0.05) is 6.42 Å². The first-order valence-corrected chi connectivity index (χ1v) is 5.79. The summed E-state index contributed by atoms with van der Waals surface area (Å²) in [6, 6.07) is 6.15. The second-order valence-corrected chi connectivity index (χ2v) is 4.07. The largest absolute Gasteiger partial charge is 0.343 e. The van der Waals surface area contributed by atoms with Gasteiger partial charge in [-0.2, -0.15) is 5.26 Å². The molecule has 0 unspecified atom stereocenters. The molecule has 0 saturated heterocycles. The molecular formula is C13H14FN3. The van der Waals surface area contributed by atoms with Crippen LogP contribution in [0.5, 0.6) is 0 Å². The van der Waals surface area contributed by atoms with Crippen molar-refractivity contribution in [3.05, 3.63) is 29.6 Å². The molecule has 2 rings (SSSR count). The second-order valence-electron chi connectivity index (χ2n) is 4.07. The fourth-order valence-corrected chi connectivity index (χ4v) is 1.85. The monoisotopic (exact) mass is 231 g/mol. The third-order valence-corrected chi connectivity index (χ3v) is 2.76. The Morgan fingerprint density at radius 3 is 3.00 bits per heavy atom. The van der Waals surface area contributed by atoms with E-state index >= 15 is 0 Å². The number of nitriles is 1. The minimum Gasteiger partial charge on any atom is -0.343 e. The number of halogens is 1. The molecule has 88 valence electrons. The Labute approximate surface area is 100.0 Å². The molecule has 0 radical (unpaired) electrons. The van der Waals surface area contributed by atoms with Gasteiger partial charge in [0, 0.05) is 13.0 Å². The molecule has 0 spiro atoms. The molecule has 0 bridgehead atoms. The van der Waals surface area contributed by atoms with E-state index in [0.717, 1.165) is 31.6 Å². The van der Waals surface area contributed by atoms with Gasteiger partial charge in [-0.15, -0.1) is 0 Å². The Morgan fingerprint density at radius 1 is 1.29 bits per heavy atom. The maximum Gasteiger partial charge on any atom is 0.124 e. The van der Waals surface area contributed by atoms with Crippen LogP contribution in [0.25, 0.3) is 0 Å². The van der Waals surface area contributed by atoms with E-state index in [1.165, 1.54) is 18.6 Å². The first-order valence-electron chi connectivity index (χ1n) is 5.79. The van der Waals surface area contributed by atoms with Gasteiger partial charge in [-0.3, -0.25) is 4.99 Å². The average molecular weight is 231 g/mol. The normalized spacial score (nSPS) is 15.6. The summed E-state index contributed by atoms with van der Waals surface area (Å²) in [4.78, 5) is 4.42. The number of hydrogen-bond acceptors (Lipinski definition) is 3. The third-order valence-electron chi connectivity index (χ3n) is 2.76. The van der Waals surface area contributed by atoms with Crippen LogP contribution in [0.15, 0.2) is 23.2 Å². The number of nitrogens with zero attached hydrogens (tertiary/aromatic N) is 2. The zero-order valence-corrected chi connectivity index (χ0v) is 9.54. The predicted octanol–water partition coefficient (Wildman–Crippen LogP) is 3.08. The topological polar surface area (TPSA) is 48.2 Å². The molecule has 0 amide bonds. The van der Waals surface area contributed by atoms with Crippen molar-refractivity contribution >= 4 is 11.5 Å². The smallest absolute Gasteiger partial charge is 0.124 e. The zero-order valence-electron chi connectivity index (χ0n) is 9.54. The Kier molecular flexibility index (Phi) is 3.71. The average Bonchev–Trinajstić information content (AvgIpc) is 2.60. The number of hydrogen-bond donors (Lipinski definition) is 1. The Bertz CT molecular complexity index is 474. The number of aliphatic imine (C=N–C) groups is 1. The summed E-state index contributed by atoms with van der Waals surface area (Å²) in [7, 11) is 0. The van der Waals surface area contributed by atoms with Gasteiger partial charge in [0.1, 0.15) is 17.7 Å². The maximum atomic E-state index is 13.0. The third kappa shape index (κ3) is 3.04. The lowest BCUT2D eigenvalue weighted by Crippen LogP contribution is -2.12. The summed E-state index contributed by atoms with van der Waals surface area (Å²) in [5.74, 6) is 0.500. The van der Waals surface area contributed by atoms with E-state index in [2.05, 4.69) is 10.3 Å². The predicted molar refractivity (Wildman–Crippen MR) is 65.5 cm³/mol. The molecule has 1 aromatic carbocycles. The number of rotatable bonds is 1. The van der Waals surface area contributed by atoms with Gasteiger partial charge in [0.25, 0.3) is 0 Å². The van der Waals surface area contributed by atoms with Crippen LogP contribution >= 0.6 is 0 Å². The molecule has 1 aliphatic heterocycles. The Morgan fingerprint density at radius 2 is 2.18 bits per heavy atom. The van der Waals surface area contributed by atoms with Crippen molar-refractivity contribution in [2.75, 3.05) is 11.9 Å². The molecule has 0 fully saturated rings. The second kappa shape index (κ2) is 5.44. The van der Waals surface area contributed by atoms with E-state index in [1.54, 1.807) is 6.07 Å². The molecule has 0 aromatic heterocycles. The molecule has 4 heteroatoms. The quantitative estimate of drug-likeness (QED) is 0.807. The van der Waals surface area contributed by atoms with Crippen molar-refractivity contribution in [3.8, 4) is 6.07 Å². The maximum absolute atomic E-state index is 13.0. The molecule has 1 heterocycles. The van der Waals surface area contributed by atoms with Crippen molar-refractivity contribution in [2.45, 2.75) is 25.7 Å². The first-order chi connectivity index (χ1) is 8.29. The van der Waals surface area contributed by atoms with E-state index in [-0.39, 0.29) is 0 Å². The fourth-order valence-electron chi connectivity index (χ4n) is 1.85. The summed E-state index contributed by atoms with van der Waals surface area (Å²) >= 11 is 0. The van der Waals surface area contributed by atoms with Crippen molar-refractivity contribution < 1.29 is 4.39 Å². The first kappa shape index (κ1) is 11.6. The lowest BCUT2D eigenvalue weighted by atomic mass is 10.1. The summed E-state index contributed by atoms with van der Waals surface area (Å²) < 4.78 is 13.0. The van der Waals surface area contributed by atoms with E-state index in [4.69, 9.17) is 5.26 Å². The van der Waals surface area contributed by atoms with Gasteiger partial charge in [0.2, 0.25) is 0 Å². The van der Waals surface area contributed by atoms with Gasteiger partial charge < -0.3 is 5.32 Å². The molecule has 17 heavy (non-hydrogen) atoms. The van der Waals surface area contributed by atoms with Crippen LogP contribution in [0.3, 0.4) is 0 Å². The molecular weight excluding hydrogens is 217 g/mol. The van der Waals surface area contributed by atoms with E-state index in [1.807, 2.05) is 6.07 Å². The number of benzene rings is 1. The zero-order chi connectivity index (χ0) is 12.1. The van der Waals surface area contributed by atoms with E-state index in [9.17, 15) is 4.39 Å². The molecule has 1 aromatic rings. The van der Waals surface area contributed by atoms with Crippen LogP contribution in [0.1, 0.15) is 31.2 Å². The van der Waals surface area contributed by atoms with Crippen LogP contribution in [0.2, 0.25) is 0 Å². The minimum absolute atomic E-state index is 0.317. The molecule has 0 aliphatic carbocycles. The van der Waals surface area contributed by atoms with Gasteiger partial charge in [0.05, 0.1) is 11.3 Å². The lowest BCUT2D eigenvalue weighted by molar-refractivity contribution is 0.627. The highest BCUT2D eigenvalue weighted by Gasteiger charge is 2.08. The van der Waals surface area contributed by atoms with Crippen LogP contribution in [-0.4, -0.2) is 12.4 Å². The highest BCUT2D eigenvalue weighted by atomic mass is 19.1.